The molecule has 8 nitrogen and oxygen atoms in total. The summed E-state index contributed by atoms with van der Waals surface area (Å²) in [5.41, 5.74) is -2.65. The molecule has 1 aromatic carbocycles. The van der Waals surface area contributed by atoms with Crippen LogP contribution in [0.2, 0.25) is 0 Å². The molecule has 1 heterocycles. The van der Waals surface area contributed by atoms with Gasteiger partial charge in [-0.15, -0.1) is 0 Å². The Bertz CT molecular complexity index is 792. The second-order valence-corrected chi connectivity index (χ2v) is 3.80. The number of aromatic carboxylic acids is 2. The summed E-state index contributed by atoms with van der Waals surface area (Å²) in [4.78, 5) is 46.9. The minimum Gasteiger partial charge on any atom is -0.543 e. The number of aromatic nitrogens is 2. The van der Waals surface area contributed by atoms with Crippen molar-refractivity contribution in [3.05, 3.63) is 62.4 Å². The van der Waals surface area contributed by atoms with Crippen LogP contribution in [-0.2, 0) is 0 Å². The first-order valence-corrected chi connectivity index (χ1v) is 5.31. The van der Waals surface area contributed by atoms with Gasteiger partial charge in [0, 0.05) is 6.07 Å². The van der Waals surface area contributed by atoms with Crippen molar-refractivity contribution in [2.75, 3.05) is 0 Å². The van der Waals surface area contributed by atoms with Crippen LogP contribution < -0.4 is 35.2 Å². The third-order valence-corrected chi connectivity index (χ3v) is 2.50. The quantitative estimate of drug-likeness (QED) is 0.546. The van der Waals surface area contributed by atoms with E-state index in [4.69, 9.17) is 5.11 Å². The number of carboxylic acid groups (broad SMARTS) is 2. The van der Waals surface area contributed by atoms with E-state index in [0.29, 0.717) is 10.6 Å². The Balaban J connectivity index is 0.00000220. The van der Waals surface area contributed by atoms with E-state index in [1.165, 1.54) is 18.2 Å². The van der Waals surface area contributed by atoms with Crippen molar-refractivity contribution in [1.29, 1.82) is 0 Å². The molecule has 0 aliphatic carbocycles. The number of carbonyl (C=O) groups excluding carboxylic acids is 1. The van der Waals surface area contributed by atoms with Crippen LogP contribution in [0.1, 0.15) is 20.8 Å². The summed E-state index contributed by atoms with van der Waals surface area (Å²) in [6.45, 7) is 0. The number of aromatic amines is 1. The molecule has 2 N–H and O–H groups in total. The van der Waals surface area contributed by atoms with Gasteiger partial charge in [-0.3, -0.25) is 4.79 Å². The molecule has 0 aliphatic rings. The predicted molar refractivity (Wildman–Crippen MR) is 63.9 cm³/mol. The second-order valence-electron chi connectivity index (χ2n) is 3.80. The van der Waals surface area contributed by atoms with Gasteiger partial charge in [-0.25, -0.2) is 14.2 Å². The fourth-order valence-electron chi connectivity index (χ4n) is 1.63. The van der Waals surface area contributed by atoms with Gasteiger partial charge >= 0.3 is 30.5 Å². The van der Waals surface area contributed by atoms with Gasteiger partial charge in [0.05, 0.1) is 22.9 Å². The zero-order valence-electron chi connectivity index (χ0n) is 10.8. The number of rotatable bonds is 3. The summed E-state index contributed by atoms with van der Waals surface area (Å²) in [5, 5.41) is 19.4. The Hall–Kier alpha value is -2.56. The maximum atomic E-state index is 11.8. The summed E-state index contributed by atoms with van der Waals surface area (Å²) < 4.78 is 0.624. The Morgan fingerprint density at radius 1 is 1.19 bits per heavy atom. The molecule has 0 atom stereocenters. The number of nitrogens with one attached hydrogen (secondary N) is 1. The summed E-state index contributed by atoms with van der Waals surface area (Å²) in [6.07, 6.45) is 0. The molecule has 0 aliphatic heterocycles. The molecular formula is C12H7LiN2O6. The minimum atomic E-state index is -1.69. The zero-order chi connectivity index (χ0) is 14.9. The Kier molecular flexibility index (Phi) is 4.91. The predicted octanol–water partition coefficient (Wildman–Crippen LogP) is -4.41. The summed E-state index contributed by atoms with van der Waals surface area (Å²) in [6, 6.07) is 5.81. The van der Waals surface area contributed by atoms with Crippen molar-refractivity contribution < 1.29 is 38.7 Å². The molecule has 0 radical (unpaired) electrons. The normalized spacial score (nSPS) is 9.71. The van der Waals surface area contributed by atoms with Crippen LogP contribution in [-0.4, -0.2) is 26.6 Å². The van der Waals surface area contributed by atoms with E-state index in [0.717, 1.165) is 6.07 Å². The van der Waals surface area contributed by atoms with E-state index in [1.54, 1.807) is 0 Å². The number of carboxylic acids is 2. The molecule has 9 heteroatoms. The standard InChI is InChI=1S/C12H8N2O6.Li/c15-9-5-8(11(18)19)13-12(20)14(9)7-3-1-2-6(4-7)10(16)17;/h1-5H,(H,13,20)(H,16,17)(H,18,19);/q;+1/p-1. The molecule has 2 rings (SSSR count). The molecule has 0 bridgehead atoms. The number of nitrogens with zero attached hydrogens (tertiary/aromatic N) is 1. The summed E-state index contributed by atoms with van der Waals surface area (Å²) in [5.74, 6) is -2.91. The van der Waals surface area contributed by atoms with Crippen molar-refractivity contribution in [1.82, 2.24) is 9.55 Å². The number of hydrogen-bond acceptors (Lipinski definition) is 5. The Labute approximate surface area is 128 Å². The molecule has 21 heavy (non-hydrogen) atoms. The molecule has 0 unspecified atom stereocenters. The number of H-pyrrole nitrogens is 1. The molecule has 0 saturated carbocycles. The molecule has 0 fully saturated rings. The average Bonchev–Trinajstić information content (AvgIpc) is 2.38. The fourth-order valence-corrected chi connectivity index (χ4v) is 1.63. The minimum absolute atomic E-state index is 0. The molecule has 0 saturated heterocycles. The van der Waals surface area contributed by atoms with Crippen molar-refractivity contribution in [3.63, 3.8) is 0 Å². The molecule has 0 spiro atoms. The van der Waals surface area contributed by atoms with Crippen molar-refractivity contribution in [2.45, 2.75) is 0 Å². The molecule has 1 aromatic heterocycles. The van der Waals surface area contributed by atoms with E-state index in [1.807, 2.05) is 4.98 Å². The van der Waals surface area contributed by atoms with Gasteiger partial charge in [0.1, 0.15) is 0 Å². The number of benzene rings is 1. The van der Waals surface area contributed by atoms with Crippen LogP contribution in [0.4, 0.5) is 0 Å². The number of hydrogen-bond donors (Lipinski definition) is 2. The molecule has 0 amide bonds. The van der Waals surface area contributed by atoms with Crippen LogP contribution in [0.15, 0.2) is 39.9 Å². The van der Waals surface area contributed by atoms with E-state index in [2.05, 4.69) is 0 Å². The van der Waals surface area contributed by atoms with Gasteiger partial charge in [-0.2, -0.15) is 0 Å². The molecular weight excluding hydrogens is 275 g/mol. The number of carbonyl (C=O) groups is 2. The monoisotopic (exact) mass is 282 g/mol. The van der Waals surface area contributed by atoms with Crippen LogP contribution in [0.3, 0.4) is 0 Å². The fraction of sp³-hybridized carbons (Fsp3) is 0. The molecule has 2 aromatic rings. The van der Waals surface area contributed by atoms with Crippen LogP contribution in [0.25, 0.3) is 5.69 Å². The second kappa shape index (κ2) is 6.26. The first-order valence-electron chi connectivity index (χ1n) is 5.31. The van der Waals surface area contributed by atoms with E-state index in [-0.39, 0.29) is 30.1 Å². The average molecular weight is 282 g/mol. The van der Waals surface area contributed by atoms with Gasteiger partial charge in [-0.05, 0) is 18.2 Å². The van der Waals surface area contributed by atoms with Crippen LogP contribution in [0, 0.1) is 0 Å². The van der Waals surface area contributed by atoms with E-state index >= 15 is 0 Å². The summed E-state index contributed by atoms with van der Waals surface area (Å²) in [7, 11) is 0. The van der Waals surface area contributed by atoms with E-state index in [9.17, 15) is 24.3 Å². The maximum Gasteiger partial charge on any atom is 1.00 e. The van der Waals surface area contributed by atoms with Crippen LogP contribution >= 0.6 is 0 Å². The van der Waals surface area contributed by atoms with Gasteiger partial charge in [0.2, 0.25) is 0 Å². The first-order chi connectivity index (χ1) is 9.40. The summed E-state index contributed by atoms with van der Waals surface area (Å²) >= 11 is 0. The Morgan fingerprint density at radius 3 is 2.38 bits per heavy atom. The van der Waals surface area contributed by atoms with Crippen molar-refractivity contribution in [2.24, 2.45) is 0 Å². The van der Waals surface area contributed by atoms with Crippen LogP contribution in [0.5, 0.6) is 0 Å². The van der Waals surface area contributed by atoms with Gasteiger partial charge < -0.3 is 20.0 Å². The Morgan fingerprint density at radius 2 is 1.86 bits per heavy atom. The zero-order valence-corrected chi connectivity index (χ0v) is 10.8. The smallest absolute Gasteiger partial charge is 0.543 e. The first kappa shape index (κ1) is 16.5. The van der Waals surface area contributed by atoms with Crippen molar-refractivity contribution in [3.8, 4) is 5.69 Å². The maximum absolute atomic E-state index is 11.8. The third kappa shape index (κ3) is 3.31. The van der Waals surface area contributed by atoms with Gasteiger partial charge in [0.25, 0.3) is 5.56 Å². The molecule has 102 valence electrons. The topological polar surface area (TPSA) is 132 Å². The SMILES string of the molecule is O=C(O)c1cccc(-n2c(=O)cc(C(=O)[O-])[nH]c2=O)c1.[Li+]. The third-order valence-electron chi connectivity index (χ3n) is 2.50. The van der Waals surface area contributed by atoms with Crippen molar-refractivity contribution >= 4 is 11.9 Å². The largest absolute Gasteiger partial charge is 1.00 e. The van der Waals surface area contributed by atoms with Gasteiger partial charge in [-0.1, -0.05) is 6.07 Å². The van der Waals surface area contributed by atoms with E-state index < -0.39 is 28.9 Å². The van der Waals surface area contributed by atoms with Gasteiger partial charge in [0.15, 0.2) is 0 Å².